The lowest BCUT2D eigenvalue weighted by molar-refractivity contribution is 0.127. The van der Waals surface area contributed by atoms with E-state index in [0.29, 0.717) is 11.4 Å². The van der Waals surface area contributed by atoms with Gasteiger partial charge in [0.25, 0.3) is 0 Å². The summed E-state index contributed by atoms with van der Waals surface area (Å²) in [6.45, 7) is 4.70. The van der Waals surface area contributed by atoms with E-state index in [1.165, 1.54) is 0 Å². The van der Waals surface area contributed by atoms with Gasteiger partial charge in [-0.05, 0) is 32.4 Å². The largest absolute Gasteiger partial charge is 0.387 e. The van der Waals surface area contributed by atoms with Crippen molar-refractivity contribution in [2.24, 2.45) is 0 Å². The molecule has 0 saturated carbocycles. The molecule has 1 aromatic rings. The van der Waals surface area contributed by atoms with Crippen LogP contribution in [0, 0.1) is 0 Å². The summed E-state index contributed by atoms with van der Waals surface area (Å²) in [4.78, 5) is 5.38. The van der Waals surface area contributed by atoms with Crippen LogP contribution >= 0.6 is 11.8 Å². The Hall–Kier alpha value is -0.580. The van der Waals surface area contributed by atoms with Crippen molar-refractivity contribution in [1.82, 2.24) is 4.98 Å². The maximum atomic E-state index is 9.35. The van der Waals surface area contributed by atoms with Crippen LogP contribution in [0.3, 0.4) is 0 Å². The van der Waals surface area contributed by atoms with Gasteiger partial charge in [0.15, 0.2) is 0 Å². The number of pyridine rings is 1. The van der Waals surface area contributed by atoms with E-state index in [9.17, 15) is 5.11 Å². The van der Waals surface area contributed by atoms with E-state index in [2.05, 4.69) is 11.9 Å². The van der Waals surface area contributed by atoms with E-state index in [4.69, 9.17) is 4.74 Å². The SMILES string of the molecule is CC1OCCC1Sc1ccc([C@H](C)O)nc1. The molecule has 2 unspecified atom stereocenters. The minimum absolute atomic E-state index is 0.321. The third kappa shape index (κ3) is 2.75. The molecular formula is C12H17NO2S. The highest BCUT2D eigenvalue weighted by Gasteiger charge is 2.25. The first-order valence-corrected chi connectivity index (χ1v) is 6.47. The molecule has 1 fully saturated rings. The monoisotopic (exact) mass is 239 g/mol. The molecule has 2 heterocycles. The molecule has 4 heteroatoms. The zero-order chi connectivity index (χ0) is 11.5. The third-order valence-electron chi connectivity index (χ3n) is 2.78. The lowest BCUT2D eigenvalue weighted by Gasteiger charge is -2.13. The quantitative estimate of drug-likeness (QED) is 0.879. The summed E-state index contributed by atoms with van der Waals surface area (Å²) in [6.07, 6.45) is 2.76. The second-order valence-corrected chi connectivity index (χ2v) is 5.43. The number of hydrogen-bond acceptors (Lipinski definition) is 4. The highest BCUT2D eigenvalue weighted by Crippen LogP contribution is 2.32. The van der Waals surface area contributed by atoms with Crippen molar-refractivity contribution in [3.05, 3.63) is 24.0 Å². The van der Waals surface area contributed by atoms with Crippen molar-refractivity contribution in [2.45, 2.75) is 42.6 Å². The van der Waals surface area contributed by atoms with Gasteiger partial charge >= 0.3 is 0 Å². The van der Waals surface area contributed by atoms with Crippen molar-refractivity contribution in [1.29, 1.82) is 0 Å². The zero-order valence-electron chi connectivity index (χ0n) is 9.59. The predicted molar refractivity (Wildman–Crippen MR) is 64.5 cm³/mol. The number of nitrogens with zero attached hydrogens (tertiary/aromatic N) is 1. The van der Waals surface area contributed by atoms with E-state index >= 15 is 0 Å². The van der Waals surface area contributed by atoms with Crippen LogP contribution in [-0.4, -0.2) is 28.1 Å². The average Bonchev–Trinajstić information content (AvgIpc) is 2.65. The lowest BCUT2D eigenvalue weighted by atomic mass is 10.2. The number of hydrogen-bond donors (Lipinski definition) is 1. The van der Waals surface area contributed by atoms with Gasteiger partial charge in [0, 0.05) is 22.9 Å². The van der Waals surface area contributed by atoms with Crippen molar-refractivity contribution >= 4 is 11.8 Å². The number of aromatic nitrogens is 1. The number of aliphatic hydroxyl groups is 1. The van der Waals surface area contributed by atoms with E-state index in [1.807, 2.05) is 30.1 Å². The van der Waals surface area contributed by atoms with Gasteiger partial charge in [-0.2, -0.15) is 0 Å². The van der Waals surface area contributed by atoms with E-state index in [1.54, 1.807) is 6.92 Å². The Morgan fingerprint density at radius 2 is 2.38 bits per heavy atom. The number of rotatable bonds is 3. The fourth-order valence-electron chi connectivity index (χ4n) is 1.75. The first kappa shape index (κ1) is 11.9. The van der Waals surface area contributed by atoms with Crippen LogP contribution in [0.1, 0.15) is 32.1 Å². The molecule has 3 nitrogen and oxygen atoms in total. The van der Waals surface area contributed by atoms with E-state index < -0.39 is 6.10 Å². The number of ether oxygens (including phenoxy) is 1. The standard InChI is InChI=1S/C12H17NO2S/c1-8(14)11-4-3-10(7-13-11)16-12-5-6-15-9(12)2/h3-4,7-9,12,14H,5-6H2,1-2H3/t8-,9?,12?/m0/s1. The molecule has 2 rings (SSSR count). The normalized spacial score (nSPS) is 26.9. The topological polar surface area (TPSA) is 42.4 Å². The second kappa shape index (κ2) is 5.17. The summed E-state index contributed by atoms with van der Waals surface area (Å²) >= 11 is 1.81. The first-order chi connectivity index (χ1) is 7.66. The summed E-state index contributed by atoms with van der Waals surface area (Å²) in [5.41, 5.74) is 0.722. The molecule has 1 saturated heterocycles. The van der Waals surface area contributed by atoms with Crippen molar-refractivity contribution in [3.8, 4) is 0 Å². The van der Waals surface area contributed by atoms with Gasteiger partial charge < -0.3 is 9.84 Å². The van der Waals surface area contributed by atoms with Crippen LogP contribution < -0.4 is 0 Å². The Labute approximate surface area is 100 Å². The molecule has 1 aliphatic heterocycles. The minimum atomic E-state index is -0.493. The summed E-state index contributed by atoms with van der Waals surface area (Å²) in [5, 5.41) is 9.88. The Kier molecular flexibility index (Phi) is 3.84. The van der Waals surface area contributed by atoms with Crippen LogP contribution in [0.2, 0.25) is 0 Å². The molecule has 0 aromatic carbocycles. The van der Waals surface area contributed by atoms with Gasteiger partial charge in [0.2, 0.25) is 0 Å². The molecule has 1 aromatic heterocycles. The number of aliphatic hydroxyl groups excluding tert-OH is 1. The van der Waals surface area contributed by atoms with Crippen LogP contribution in [0.4, 0.5) is 0 Å². The smallest absolute Gasteiger partial charge is 0.0931 e. The van der Waals surface area contributed by atoms with Crippen molar-refractivity contribution in [3.63, 3.8) is 0 Å². The van der Waals surface area contributed by atoms with Crippen molar-refractivity contribution < 1.29 is 9.84 Å². The highest BCUT2D eigenvalue weighted by molar-refractivity contribution is 8.00. The summed E-state index contributed by atoms with van der Waals surface area (Å²) < 4.78 is 5.52. The maximum absolute atomic E-state index is 9.35. The van der Waals surface area contributed by atoms with E-state index in [0.717, 1.165) is 23.6 Å². The molecule has 16 heavy (non-hydrogen) atoms. The molecule has 3 atom stereocenters. The second-order valence-electron chi connectivity index (χ2n) is 4.12. The highest BCUT2D eigenvalue weighted by atomic mass is 32.2. The molecule has 0 spiro atoms. The fourth-order valence-corrected chi connectivity index (χ4v) is 2.84. The third-order valence-corrected chi connectivity index (χ3v) is 4.22. The van der Waals surface area contributed by atoms with Gasteiger partial charge in [-0.15, -0.1) is 11.8 Å². The number of thioether (sulfide) groups is 1. The minimum Gasteiger partial charge on any atom is -0.387 e. The molecule has 0 bridgehead atoms. The molecule has 0 amide bonds. The Bertz CT molecular complexity index is 339. The molecule has 1 aliphatic rings. The fraction of sp³-hybridized carbons (Fsp3) is 0.583. The van der Waals surface area contributed by atoms with Gasteiger partial charge in [0.1, 0.15) is 0 Å². The summed E-state index contributed by atoms with van der Waals surface area (Å²) in [5.74, 6) is 0. The Balaban J connectivity index is 1.99. The Morgan fingerprint density at radius 1 is 1.56 bits per heavy atom. The van der Waals surface area contributed by atoms with E-state index in [-0.39, 0.29) is 0 Å². The van der Waals surface area contributed by atoms with Gasteiger partial charge in [-0.3, -0.25) is 4.98 Å². The Morgan fingerprint density at radius 3 is 2.88 bits per heavy atom. The molecule has 1 N–H and O–H groups in total. The maximum Gasteiger partial charge on any atom is 0.0931 e. The van der Waals surface area contributed by atoms with Crippen LogP contribution in [-0.2, 0) is 4.74 Å². The molecular weight excluding hydrogens is 222 g/mol. The van der Waals surface area contributed by atoms with Gasteiger partial charge in [-0.1, -0.05) is 0 Å². The first-order valence-electron chi connectivity index (χ1n) is 5.59. The predicted octanol–water partition coefficient (Wildman–Crippen LogP) is 2.40. The van der Waals surface area contributed by atoms with Gasteiger partial charge in [-0.25, -0.2) is 0 Å². The van der Waals surface area contributed by atoms with Crippen LogP contribution in [0.5, 0.6) is 0 Å². The average molecular weight is 239 g/mol. The van der Waals surface area contributed by atoms with Crippen LogP contribution in [0.15, 0.2) is 23.2 Å². The van der Waals surface area contributed by atoms with Crippen LogP contribution in [0.25, 0.3) is 0 Å². The zero-order valence-corrected chi connectivity index (χ0v) is 10.4. The van der Waals surface area contributed by atoms with Crippen molar-refractivity contribution in [2.75, 3.05) is 6.61 Å². The summed E-state index contributed by atoms with van der Waals surface area (Å²) in [6, 6.07) is 3.90. The lowest BCUT2D eigenvalue weighted by Crippen LogP contribution is -2.13. The summed E-state index contributed by atoms with van der Waals surface area (Å²) in [7, 11) is 0. The molecule has 0 radical (unpaired) electrons. The molecule has 0 aliphatic carbocycles. The molecule has 88 valence electrons. The van der Waals surface area contributed by atoms with Gasteiger partial charge in [0.05, 0.1) is 17.9 Å².